The molecule has 7 nitrogen and oxygen atoms in total. The number of pyridine rings is 1. The van der Waals surface area contributed by atoms with E-state index < -0.39 is 5.82 Å². The van der Waals surface area contributed by atoms with Gasteiger partial charge in [-0.2, -0.15) is 5.10 Å². The number of aromatic nitrogens is 1. The first-order chi connectivity index (χ1) is 14.0. The van der Waals surface area contributed by atoms with Gasteiger partial charge in [-0.25, -0.2) is 9.37 Å². The van der Waals surface area contributed by atoms with Gasteiger partial charge in [-0.3, -0.25) is 9.89 Å². The molecule has 1 unspecified atom stereocenters. The van der Waals surface area contributed by atoms with Crippen molar-refractivity contribution in [2.45, 2.75) is 19.0 Å². The van der Waals surface area contributed by atoms with Crippen molar-refractivity contribution in [3.8, 4) is 5.88 Å². The Morgan fingerprint density at radius 2 is 2.24 bits per heavy atom. The number of nitrogens with two attached hydrogens (primary N) is 1. The van der Waals surface area contributed by atoms with E-state index in [4.69, 9.17) is 22.2 Å². The van der Waals surface area contributed by atoms with Crippen LogP contribution in [0.3, 0.4) is 0 Å². The maximum absolute atomic E-state index is 13.3. The molecule has 1 fully saturated rings. The first-order valence-electron chi connectivity index (χ1n) is 9.16. The predicted octanol–water partition coefficient (Wildman–Crippen LogP) is 2.25. The lowest BCUT2D eigenvalue weighted by Crippen LogP contribution is -2.26. The Morgan fingerprint density at radius 3 is 2.86 bits per heavy atom. The van der Waals surface area contributed by atoms with Crippen LogP contribution in [0, 0.1) is 5.82 Å². The van der Waals surface area contributed by atoms with Crippen molar-refractivity contribution in [3.05, 3.63) is 58.5 Å². The number of benzene rings is 1. The molecule has 0 amide bonds. The molecule has 2 heterocycles. The lowest BCUT2D eigenvalue weighted by Gasteiger charge is -2.15. The van der Waals surface area contributed by atoms with Gasteiger partial charge in [-0.1, -0.05) is 17.7 Å². The quantitative estimate of drug-likeness (QED) is 0.407. The minimum Gasteiger partial charge on any atom is -0.481 e. The molecule has 0 spiro atoms. The molecule has 1 aromatic carbocycles. The molecule has 0 aliphatic carbocycles. The van der Waals surface area contributed by atoms with Crippen molar-refractivity contribution in [2.75, 3.05) is 26.8 Å². The number of hydrogen-bond acceptors (Lipinski definition) is 7. The molecule has 3 N–H and O–H groups in total. The highest BCUT2D eigenvalue weighted by molar-refractivity contribution is 6.51. The average molecular weight is 420 g/mol. The van der Waals surface area contributed by atoms with Crippen molar-refractivity contribution < 1.29 is 14.2 Å². The lowest BCUT2D eigenvalue weighted by atomic mass is 10.1. The molecule has 0 radical (unpaired) electrons. The van der Waals surface area contributed by atoms with Gasteiger partial charge in [-0.05, 0) is 30.2 Å². The zero-order chi connectivity index (χ0) is 20.8. The predicted molar refractivity (Wildman–Crippen MR) is 111 cm³/mol. The van der Waals surface area contributed by atoms with E-state index in [1.165, 1.54) is 18.2 Å². The molecular formula is C20H23ClFN5O2. The number of aliphatic imine (C=N–C) groups is 1. The van der Waals surface area contributed by atoms with Crippen LogP contribution in [-0.2, 0) is 6.54 Å². The van der Waals surface area contributed by atoms with Crippen LogP contribution in [0.25, 0.3) is 0 Å². The molecule has 2 aromatic rings. The summed E-state index contributed by atoms with van der Waals surface area (Å²) >= 11 is 6.12. The van der Waals surface area contributed by atoms with Crippen LogP contribution in [0.4, 0.5) is 4.39 Å². The Labute approximate surface area is 173 Å². The highest BCUT2D eigenvalue weighted by Crippen LogP contribution is 2.21. The number of nitrogens with zero attached hydrogens (tertiary/aromatic N) is 4. The number of likely N-dealkylation sites (tertiary alicyclic amines) is 1. The molecule has 154 valence electrons. The van der Waals surface area contributed by atoms with Crippen molar-refractivity contribution in [1.82, 2.24) is 9.88 Å². The Bertz CT molecular complexity index is 904. The lowest BCUT2D eigenvalue weighted by molar-refractivity contribution is 0.325. The maximum Gasteiger partial charge on any atom is 0.212 e. The van der Waals surface area contributed by atoms with Gasteiger partial charge in [-0.15, -0.1) is 0 Å². The van der Waals surface area contributed by atoms with Crippen LogP contribution >= 0.6 is 11.6 Å². The summed E-state index contributed by atoms with van der Waals surface area (Å²) in [5.41, 5.74) is 2.11. The third-order valence-corrected chi connectivity index (χ3v) is 5.05. The first-order valence-corrected chi connectivity index (χ1v) is 9.54. The monoisotopic (exact) mass is 419 g/mol. The molecule has 1 aliphatic rings. The highest BCUT2D eigenvalue weighted by atomic mass is 35.5. The van der Waals surface area contributed by atoms with E-state index in [1.54, 1.807) is 13.3 Å². The molecule has 1 aliphatic heterocycles. The molecule has 0 saturated carbocycles. The third-order valence-electron chi connectivity index (χ3n) is 4.74. The second kappa shape index (κ2) is 9.78. The molecule has 1 saturated heterocycles. The van der Waals surface area contributed by atoms with Crippen LogP contribution in [0.15, 0.2) is 46.6 Å². The summed E-state index contributed by atoms with van der Waals surface area (Å²) in [5, 5.41) is 13.7. The van der Waals surface area contributed by atoms with E-state index in [1.807, 2.05) is 12.1 Å². The van der Waals surface area contributed by atoms with E-state index in [0.717, 1.165) is 31.6 Å². The fourth-order valence-corrected chi connectivity index (χ4v) is 3.58. The van der Waals surface area contributed by atoms with Crippen LogP contribution in [-0.4, -0.2) is 59.3 Å². The molecular weight excluding hydrogens is 397 g/mol. The molecule has 9 heteroatoms. The Kier molecular flexibility index (Phi) is 7.13. The molecule has 1 atom stereocenters. The molecule has 1 aromatic heterocycles. The van der Waals surface area contributed by atoms with Crippen molar-refractivity contribution in [1.29, 1.82) is 0 Å². The van der Waals surface area contributed by atoms with Gasteiger partial charge in [0.1, 0.15) is 11.5 Å². The largest absolute Gasteiger partial charge is 0.481 e. The van der Waals surface area contributed by atoms with Gasteiger partial charge in [0.25, 0.3) is 0 Å². The number of methoxy groups -OCH3 is 1. The summed E-state index contributed by atoms with van der Waals surface area (Å²) in [5.74, 6) is 5.65. The Balaban J connectivity index is 1.70. The Morgan fingerprint density at radius 1 is 1.41 bits per heavy atom. The fourth-order valence-electron chi connectivity index (χ4n) is 3.32. The summed E-state index contributed by atoms with van der Waals surface area (Å²) in [4.78, 5) is 11.1. The van der Waals surface area contributed by atoms with E-state index in [2.05, 4.69) is 20.0 Å². The van der Waals surface area contributed by atoms with E-state index in [9.17, 15) is 9.50 Å². The summed E-state index contributed by atoms with van der Waals surface area (Å²) < 4.78 is 18.4. The zero-order valence-electron chi connectivity index (χ0n) is 16.1. The molecule has 3 rings (SSSR count). The number of hydrazone groups is 1. The molecule has 0 bridgehead atoms. The first kappa shape index (κ1) is 21.2. The van der Waals surface area contributed by atoms with Gasteiger partial charge < -0.3 is 15.7 Å². The van der Waals surface area contributed by atoms with Gasteiger partial charge in [0.05, 0.1) is 30.5 Å². The maximum atomic E-state index is 13.3. The van der Waals surface area contributed by atoms with Crippen LogP contribution in [0.5, 0.6) is 5.88 Å². The summed E-state index contributed by atoms with van der Waals surface area (Å²) in [6.07, 6.45) is 2.63. The van der Waals surface area contributed by atoms with Crippen molar-refractivity contribution in [2.24, 2.45) is 15.9 Å². The smallest absolute Gasteiger partial charge is 0.212 e. The second-order valence-corrected chi connectivity index (χ2v) is 7.13. The van der Waals surface area contributed by atoms with Gasteiger partial charge in [0, 0.05) is 37.5 Å². The fraction of sp³-hybridized carbons (Fsp3) is 0.350. The second-order valence-electron chi connectivity index (χ2n) is 6.72. The SMILES string of the molecule is COc1ccc(CN2CCC(N=C(CO)C(=NN)c3ccc(F)cc3Cl)C2)cn1. The minimum absolute atomic E-state index is 0.0145. The number of hydrogen-bond donors (Lipinski definition) is 2. The standard InChI is InChI=1S/C20H23ClFN5O2/c1-29-19-5-2-13(9-24-19)10-27-7-6-15(11-27)25-18(12-28)20(26-23)16-4-3-14(22)8-17(16)21/h2-5,8-9,15,28H,6-7,10-12,23H2,1H3. The topological polar surface area (TPSA) is 96.3 Å². The Hall–Kier alpha value is -2.55. The van der Waals surface area contributed by atoms with Crippen molar-refractivity contribution in [3.63, 3.8) is 0 Å². The van der Waals surface area contributed by atoms with Gasteiger partial charge in [0.15, 0.2) is 0 Å². The van der Waals surface area contributed by atoms with E-state index >= 15 is 0 Å². The number of halogens is 2. The van der Waals surface area contributed by atoms with Crippen LogP contribution in [0.2, 0.25) is 5.02 Å². The van der Waals surface area contributed by atoms with Crippen LogP contribution in [0.1, 0.15) is 17.5 Å². The van der Waals surface area contributed by atoms with Gasteiger partial charge >= 0.3 is 0 Å². The normalized spacial score (nSPS) is 18.3. The number of aliphatic hydroxyl groups excluding tert-OH is 1. The van der Waals surface area contributed by atoms with Crippen LogP contribution < -0.4 is 10.6 Å². The summed E-state index contributed by atoms with van der Waals surface area (Å²) in [6.45, 7) is 2.00. The number of rotatable bonds is 7. The van der Waals surface area contributed by atoms with Crippen molar-refractivity contribution >= 4 is 23.0 Å². The number of aliphatic hydroxyl groups is 1. The van der Waals surface area contributed by atoms with E-state index in [-0.39, 0.29) is 23.4 Å². The zero-order valence-corrected chi connectivity index (χ0v) is 16.8. The summed E-state index contributed by atoms with van der Waals surface area (Å²) in [6, 6.07) is 7.73. The van der Waals surface area contributed by atoms with E-state index in [0.29, 0.717) is 17.2 Å². The number of ether oxygens (including phenoxy) is 1. The molecule has 29 heavy (non-hydrogen) atoms. The average Bonchev–Trinajstić information content (AvgIpc) is 3.16. The van der Waals surface area contributed by atoms with Gasteiger partial charge in [0.2, 0.25) is 5.88 Å². The minimum atomic E-state index is -0.461. The third kappa shape index (κ3) is 5.29. The highest BCUT2D eigenvalue weighted by Gasteiger charge is 2.24. The summed E-state index contributed by atoms with van der Waals surface area (Å²) in [7, 11) is 1.59.